The molecular weight excluding hydrogens is 524 g/mol. The quantitative estimate of drug-likeness (QED) is 0.354. The lowest BCUT2D eigenvalue weighted by Gasteiger charge is -2.54. The Hall–Kier alpha value is -1.87. The Balaban J connectivity index is 1.63. The van der Waals surface area contributed by atoms with Crippen LogP contribution in [0.3, 0.4) is 0 Å². The molecule has 5 nitrogen and oxygen atoms in total. The predicted octanol–water partition coefficient (Wildman–Crippen LogP) is 6.47. The van der Waals surface area contributed by atoms with Crippen LogP contribution in [0.5, 0.6) is 0 Å². The smallest absolute Gasteiger partial charge is 0.243 e. The summed E-state index contributed by atoms with van der Waals surface area (Å²) in [5.74, 6) is -0.0203. The molecule has 0 amide bonds. The van der Waals surface area contributed by atoms with Crippen LogP contribution in [-0.4, -0.2) is 42.3 Å². The van der Waals surface area contributed by atoms with E-state index in [2.05, 4.69) is 0 Å². The summed E-state index contributed by atoms with van der Waals surface area (Å²) >= 11 is 11.2. The molecule has 3 aromatic rings. The third kappa shape index (κ3) is 5.35. The van der Waals surface area contributed by atoms with Crippen LogP contribution < -0.4 is 0 Å². The van der Waals surface area contributed by atoms with Gasteiger partial charge in [-0.1, -0.05) is 84.6 Å². The lowest BCUT2D eigenvalue weighted by Crippen LogP contribution is -2.60. The number of ether oxygens (including phenoxy) is 1. The molecule has 0 spiro atoms. The molecule has 0 aliphatic carbocycles. The first-order valence-electron chi connectivity index (χ1n) is 12.8. The van der Waals surface area contributed by atoms with E-state index < -0.39 is 10.0 Å². The fourth-order valence-corrected chi connectivity index (χ4v) is 8.42. The van der Waals surface area contributed by atoms with Crippen LogP contribution in [0, 0.1) is 12.8 Å². The Bertz CT molecular complexity index is 1320. The highest BCUT2D eigenvalue weighted by Gasteiger charge is 2.52. The van der Waals surface area contributed by atoms with Gasteiger partial charge in [-0.2, -0.15) is 4.31 Å². The van der Waals surface area contributed by atoms with Crippen molar-refractivity contribution in [2.75, 3.05) is 13.2 Å². The first-order valence-corrected chi connectivity index (χ1v) is 15.0. The lowest BCUT2D eigenvalue weighted by atomic mass is 9.76. The van der Waals surface area contributed by atoms with E-state index in [0.717, 1.165) is 16.7 Å². The Morgan fingerprint density at radius 3 is 2.32 bits per heavy atom. The number of aryl methyl sites for hydroxylation is 1. The fourth-order valence-electron chi connectivity index (χ4n) is 5.94. The van der Waals surface area contributed by atoms with Gasteiger partial charge in [0.1, 0.15) is 0 Å². The second kappa shape index (κ2) is 11.1. The standard InChI is InChI=1S/C29H33ClN2O3S2/c1-3-35-29-18-27(21-8-5-4-6-9-21)32(37(33,34)24-14-12-20(2)13-15-24)28-17-26(31(36)19-25(28)29)22-10-7-11-23(30)16-22/h4-16,25-29,36H,3,17-19H2,1-2H3/t25-,26+,27+,28+,29?/m1/s1. The average molecular weight is 557 g/mol. The molecule has 2 saturated heterocycles. The highest BCUT2D eigenvalue weighted by Crippen LogP contribution is 2.49. The summed E-state index contributed by atoms with van der Waals surface area (Å²) in [4.78, 5) is 0.320. The molecule has 0 aromatic heterocycles. The molecule has 2 fully saturated rings. The first-order chi connectivity index (χ1) is 17.8. The van der Waals surface area contributed by atoms with E-state index in [-0.39, 0.29) is 30.1 Å². The van der Waals surface area contributed by atoms with E-state index >= 15 is 0 Å². The van der Waals surface area contributed by atoms with Gasteiger partial charge in [0.2, 0.25) is 10.0 Å². The van der Waals surface area contributed by atoms with Crippen LogP contribution in [0.2, 0.25) is 5.02 Å². The van der Waals surface area contributed by atoms with E-state index in [0.29, 0.717) is 35.9 Å². The van der Waals surface area contributed by atoms with Gasteiger partial charge in [-0.25, -0.2) is 12.7 Å². The van der Waals surface area contributed by atoms with Gasteiger partial charge in [-0.15, -0.1) is 0 Å². The maximum absolute atomic E-state index is 14.4. The Morgan fingerprint density at radius 1 is 0.946 bits per heavy atom. The second-order valence-electron chi connectivity index (χ2n) is 9.96. The summed E-state index contributed by atoms with van der Waals surface area (Å²) < 4.78 is 38.9. The zero-order valence-corrected chi connectivity index (χ0v) is 23.5. The molecule has 5 rings (SSSR count). The SMILES string of the molecule is CCOC1C[C@@H](c2ccccc2)N(S(=O)(=O)c2ccc(C)cc2)[C@H]2C[C@@H](c3cccc(Cl)c3)N(S)C[C@@H]12. The van der Waals surface area contributed by atoms with Crippen molar-refractivity contribution in [1.29, 1.82) is 0 Å². The van der Waals surface area contributed by atoms with Crippen molar-refractivity contribution in [2.24, 2.45) is 5.92 Å². The number of piperidine rings is 2. The summed E-state index contributed by atoms with van der Waals surface area (Å²) in [5.41, 5.74) is 3.04. The van der Waals surface area contributed by atoms with Gasteiger partial charge in [0, 0.05) is 36.2 Å². The second-order valence-corrected chi connectivity index (χ2v) is 12.8. The highest BCUT2D eigenvalue weighted by molar-refractivity contribution is 7.89. The summed E-state index contributed by atoms with van der Waals surface area (Å²) in [6.07, 6.45) is 1.10. The number of hydrogen-bond donors (Lipinski definition) is 1. The first kappa shape index (κ1) is 26.7. The van der Waals surface area contributed by atoms with Gasteiger partial charge in [-0.3, -0.25) is 0 Å². The van der Waals surface area contributed by atoms with Gasteiger partial charge in [0.15, 0.2) is 0 Å². The zero-order chi connectivity index (χ0) is 26.2. The van der Waals surface area contributed by atoms with E-state index in [1.54, 1.807) is 16.4 Å². The van der Waals surface area contributed by atoms with Crippen LogP contribution in [-0.2, 0) is 14.8 Å². The van der Waals surface area contributed by atoms with Crippen molar-refractivity contribution in [1.82, 2.24) is 8.61 Å². The Labute approximate surface area is 231 Å². The molecule has 0 radical (unpaired) electrons. The zero-order valence-electron chi connectivity index (χ0n) is 21.1. The van der Waals surface area contributed by atoms with Gasteiger partial charge in [0.25, 0.3) is 0 Å². The maximum Gasteiger partial charge on any atom is 0.243 e. The van der Waals surface area contributed by atoms with Gasteiger partial charge in [-0.05, 0) is 62.1 Å². The molecule has 37 heavy (non-hydrogen) atoms. The summed E-state index contributed by atoms with van der Waals surface area (Å²) in [6.45, 7) is 5.14. The lowest BCUT2D eigenvalue weighted by molar-refractivity contribution is -0.0808. The van der Waals surface area contributed by atoms with Crippen LogP contribution in [0.15, 0.2) is 83.8 Å². The number of fused-ring (bicyclic) bond motifs is 1. The molecule has 2 aliphatic heterocycles. The summed E-state index contributed by atoms with van der Waals surface area (Å²) in [7, 11) is -3.81. The fraction of sp³-hybridized carbons (Fsp3) is 0.379. The highest BCUT2D eigenvalue weighted by atomic mass is 35.5. The van der Waals surface area contributed by atoms with Gasteiger partial charge in [0.05, 0.1) is 17.0 Å². The molecule has 0 bridgehead atoms. The van der Waals surface area contributed by atoms with E-state index in [4.69, 9.17) is 29.2 Å². The molecule has 2 heterocycles. The molecule has 0 N–H and O–H groups in total. The normalized spacial score (nSPS) is 27.1. The number of hydrogen-bond acceptors (Lipinski definition) is 5. The maximum atomic E-state index is 14.4. The van der Waals surface area contributed by atoms with Gasteiger partial charge < -0.3 is 4.74 Å². The molecular formula is C29H33ClN2O3S2. The minimum absolute atomic E-state index is 0.0203. The Kier molecular flexibility index (Phi) is 8.01. The number of halogens is 1. The monoisotopic (exact) mass is 556 g/mol. The molecule has 0 saturated carbocycles. The molecule has 5 atom stereocenters. The van der Waals surface area contributed by atoms with Crippen molar-refractivity contribution < 1.29 is 13.2 Å². The molecule has 1 unspecified atom stereocenters. The van der Waals surface area contributed by atoms with Crippen molar-refractivity contribution in [2.45, 2.75) is 55.8 Å². The van der Waals surface area contributed by atoms with Gasteiger partial charge >= 0.3 is 0 Å². The van der Waals surface area contributed by atoms with Crippen molar-refractivity contribution in [3.63, 3.8) is 0 Å². The van der Waals surface area contributed by atoms with Crippen LogP contribution >= 0.6 is 24.4 Å². The van der Waals surface area contributed by atoms with Crippen molar-refractivity contribution in [3.8, 4) is 0 Å². The summed E-state index contributed by atoms with van der Waals surface area (Å²) in [6, 6.07) is 24.2. The van der Waals surface area contributed by atoms with E-state index in [1.807, 2.05) is 84.9 Å². The minimum atomic E-state index is -3.81. The summed E-state index contributed by atoms with van der Waals surface area (Å²) in [5, 5.41) is 0.656. The van der Waals surface area contributed by atoms with E-state index in [1.165, 1.54) is 0 Å². The average Bonchev–Trinajstić information content (AvgIpc) is 2.89. The van der Waals surface area contributed by atoms with Crippen molar-refractivity contribution >= 4 is 34.4 Å². The number of rotatable bonds is 6. The predicted molar refractivity (Wildman–Crippen MR) is 151 cm³/mol. The largest absolute Gasteiger partial charge is 0.378 e. The molecule has 3 aromatic carbocycles. The third-order valence-corrected chi connectivity index (χ3v) is 10.3. The number of nitrogens with zero attached hydrogens (tertiary/aromatic N) is 2. The van der Waals surface area contributed by atoms with Crippen LogP contribution in [0.4, 0.5) is 0 Å². The van der Waals surface area contributed by atoms with E-state index in [9.17, 15) is 8.42 Å². The van der Waals surface area contributed by atoms with Crippen LogP contribution in [0.1, 0.15) is 48.5 Å². The molecule has 8 heteroatoms. The Morgan fingerprint density at radius 2 is 1.65 bits per heavy atom. The number of thiol groups is 1. The molecule has 196 valence electrons. The topological polar surface area (TPSA) is 49.9 Å². The van der Waals surface area contributed by atoms with Crippen molar-refractivity contribution in [3.05, 3.63) is 101 Å². The third-order valence-electron chi connectivity index (χ3n) is 7.68. The number of sulfonamides is 1. The molecule has 2 aliphatic rings. The van der Waals surface area contributed by atoms with Crippen LogP contribution in [0.25, 0.3) is 0 Å². The minimum Gasteiger partial charge on any atom is -0.378 e. The number of benzene rings is 3.